The number of ketones is 1. The summed E-state index contributed by atoms with van der Waals surface area (Å²) in [6.45, 7) is 0. The Morgan fingerprint density at radius 1 is 0.879 bits per heavy atom. The van der Waals surface area contributed by atoms with Crippen molar-refractivity contribution >= 4 is 29.1 Å². The lowest BCUT2D eigenvalue weighted by Gasteiger charge is -2.33. The van der Waals surface area contributed by atoms with Crippen LogP contribution in [-0.2, 0) is 0 Å². The van der Waals surface area contributed by atoms with Gasteiger partial charge in [0.25, 0.3) is 0 Å². The van der Waals surface area contributed by atoms with Crippen LogP contribution in [0.3, 0.4) is 0 Å². The molecule has 2 aliphatic carbocycles. The van der Waals surface area contributed by atoms with E-state index in [9.17, 15) is 4.79 Å². The number of carbonyl (C=O) groups excluding carboxylic acids is 1. The third kappa shape index (κ3) is 4.19. The first kappa shape index (κ1) is 21.2. The number of Topliss-reactive ketones (excluding diaryl/α,β-unsaturated/α-hetero) is 1. The molecule has 7 heteroatoms. The highest BCUT2D eigenvalue weighted by Crippen LogP contribution is 2.44. The molecule has 6 rings (SSSR count). The van der Waals surface area contributed by atoms with E-state index >= 15 is 0 Å². The van der Waals surface area contributed by atoms with E-state index in [2.05, 4.69) is 27.8 Å². The number of hydrogen-bond donors (Lipinski definition) is 1. The number of hydrogen-bond acceptors (Lipinski definition) is 5. The average Bonchev–Trinajstić information content (AvgIpc) is 3.63. The van der Waals surface area contributed by atoms with Crippen LogP contribution in [0.1, 0.15) is 90.1 Å². The Balaban J connectivity index is 1.30. The Kier molecular flexibility index (Phi) is 5.67. The highest BCUT2D eigenvalue weighted by molar-refractivity contribution is 8.00. The van der Waals surface area contributed by atoms with E-state index in [1.807, 2.05) is 41.1 Å². The number of nitrogens with one attached hydrogen (secondary N) is 1. The van der Waals surface area contributed by atoms with Crippen molar-refractivity contribution in [3.05, 3.63) is 76.1 Å². The molecule has 170 valence electrons. The third-order valence-corrected chi connectivity index (χ3v) is 8.63. The fourth-order valence-electron chi connectivity index (χ4n) is 5.12. The molecule has 2 heterocycles. The Bertz CT molecular complexity index is 1150. The van der Waals surface area contributed by atoms with Crippen LogP contribution in [0.4, 0.5) is 0 Å². The van der Waals surface area contributed by atoms with Crippen LogP contribution in [-0.4, -0.2) is 25.9 Å². The first-order valence-electron chi connectivity index (χ1n) is 12.0. The SMILES string of the molecule is O=C(c1ccc(C2CCCCC2)cc1)C1Sc2nnc(C3CC3)n2NC1c1ccc(Cl)cc1. The standard InChI is InChI=1S/C26H27ClN4OS/c27-21-14-12-18(13-15-21)22-24(33-26-29-28-25(20-10-11-20)31(26)30-22)23(32)19-8-6-17(7-9-19)16-4-2-1-3-5-16/h6-9,12-16,20,22,24,30H,1-5,10-11H2. The molecule has 1 aliphatic heterocycles. The normalized spacial score (nSPS) is 23.1. The minimum Gasteiger partial charge on any atom is -0.313 e. The minimum atomic E-state index is -0.338. The van der Waals surface area contributed by atoms with Crippen LogP contribution >= 0.6 is 23.4 Å². The lowest BCUT2D eigenvalue weighted by molar-refractivity contribution is 0.0980. The number of nitrogens with zero attached hydrogens (tertiary/aromatic N) is 3. The first-order chi connectivity index (χ1) is 16.2. The van der Waals surface area contributed by atoms with Crippen LogP contribution in [0.5, 0.6) is 0 Å². The zero-order valence-corrected chi connectivity index (χ0v) is 20.0. The summed E-state index contributed by atoms with van der Waals surface area (Å²) in [6.07, 6.45) is 8.76. The lowest BCUT2D eigenvalue weighted by Crippen LogP contribution is -2.39. The summed E-state index contributed by atoms with van der Waals surface area (Å²) in [4.78, 5) is 13.8. The fourth-order valence-corrected chi connectivity index (χ4v) is 6.41. The van der Waals surface area contributed by atoms with Gasteiger partial charge in [-0.1, -0.05) is 79.0 Å². The highest BCUT2D eigenvalue weighted by Gasteiger charge is 2.40. The molecule has 33 heavy (non-hydrogen) atoms. The third-order valence-electron chi connectivity index (χ3n) is 7.16. The van der Waals surface area contributed by atoms with Crippen molar-refractivity contribution < 1.29 is 4.79 Å². The number of fused-ring (bicyclic) bond motifs is 1. The number of benzene rings is 2. The van der Waals surface area contributed by atoms with Crippen molar-refractivity contribution in [2.75, 3.05) is 5.43 Å². The Morgan fingerprint density at radius 2 is 1.58 bits per heavy atom. The summed E-state index contributed by atoms with van der Waals surface area (Å²) in [5, 5.41) is 9.94. The van der Waals surface area contributed by atoms with Crippen LogP contribution in [0, 0.1) is 0 Å². The van der Waals surface area contributed by atoms with Gasteiger partial charge in [-0.05, 0) is 54.9 Å². The van der Waals surface area contributed by atoms with Gasteiger partial charge in [-0.25, -0.2) is 4.68 Å². The number of rotatable bonds is 5. The van der Waals surface area contributed by atoms with E-state index < -0.39 is 0 Å². The molecule has 2 saturated carbocycles. The maximum absolute atomic E-state index is 13.8. The predicted molar refractivity (Wildman–Crippen MR) is 132 cm³/mol. The fraction of sp³-hybridized carbons (Fsp3) is 0.423. The van der Waals surface area contributed by atoms with E-state index in [0.717, 1.165) is 34.9 Å². The van der Waals surface area contributed by atoms with Gasteiger partial charge in [-0.3, -0.25) is 4.79 Å². The molecule has 2 fully saturated rings. The molecule has 2 aromatic carbocycles. The van der Waals surface area contributed by atoms with Gasteiger partial charge in [0.05, 0.1) is 6.04 Å². The summed E-state index contributed by atoms with van der Waals surface area (Å²) in [5.74, 6) is 2.18. The van der Waals surface area contributed by atoms with Crippen molar-refractivity contribution in [2.45, 2.75) is 73.2 Å². The van der Waals surface area contributed by atoms with E-state index in [4.69, 9.17) is 11.6 Å². The predicted octanol–water partition coefficient (Wildman–Crippen LogP) is 6.50. The molecule has 1 N–H and O–H groups in total. The highest BCUT2D eigenvalue weighted by atomic mass is 35.5. The van der Waals surface area contributed by atoms with Gasteiger partial charge < -0.3 is 5.43 Å². The van der Waals surface area contributed by atoms with Crippen molar-refractivity contribution in [1.29, 1.82) is 0 Å². The van der Waals surface area contributed by atoms with Crippen molar-refractivity contribution in [1.82, 2.24) is 14.9 Å². The first-order valence-corrected chi connectivity index (χ1v) is 13.2. The number of aromatic nitrogens is 3. The van der Waals surface area contributed by atoms with Gasteiger partial charge >= 0.3 is 0 Å². The summed E-state index contributed by atoms with van der Waals surface area (Å²) in [7, 11) is 0. The van der Waals surface area contributed by atoms with Gasteiger partial charge in [-0.2, -0.15) is 0 Å². The minimum absolute atomic E-state index is 0.116. The molecule has 2 unspecified atom stereocenters. The second-order valence-corrected chi connectivity index (χ2v) is 11.0. The van der Waals surface area contributed by atoms with Crippen molar-refractivity contribution in [3.8, 4) is 0 Å². The summed E-state index contributed by atoms with van der Waals surface area (Å²) >= 11 is 7.65. The monoisotopic (exact) mass is 478 g/mol. The summed E-state index contributed by atoms with van der Waals surface area (Å²) in [6, 6.07) is 15.9. The molecular formula is C26H27ClN4OS. The Labute approximate surface area is 203 Å². The Hall–Kier alpha value is -2.31. The molecule has 0 amide bonds. The summed E-state index contributed by atoms with van der Waals surface area (Å²) < 4.78 is 2.00. The molecule has 0 saturated heterocycles. The maximum atomic E-state index is 13.8. The largest absolute Gasteiger partial charge is 0.313 e. The van der Waals surface area contributed by atoms with Gasteiger partial charge in [0.2, 0.25) is 5.16 Å². The van der Waals surface area contributed by atoms with Crippen LogP contribution < -0.4 is 5.43 Å². The maximum Gasteiger partial charge on any atom is 0.210 e. The van der Waals surface area contributed by atoms with Gasteiger partial charge in [-0.15, -0.1) is 10.2 Å². The van der Waals surface area contributed by atoms with Gasteiger partial charge in [0.15, 0.2) is 11.6 Å². The smallest absolute Gasteiger partial charge is 0.210 e. The summed E-state index contributed by atoms with van der Waals surface area (Å²) in [5.41, 5.74) is 6.72. The number of carbonyl (C=O) groups is 1. The molecule has 2 atom stereocenters. The van der Waals surface area contributed by atoms with E-state index in [1.165, 1.54) is 49.4 Å². The van der Waals surface area contributed by atoms with E-state index in [0.29, 0.717) is 16.9 Å². The lowest BCUT2D eigenvalue weighted by atomic mass is 9.83. The van der Waals surface area contributed by atoms with Crippen molar-refractivity contribution in [2.24, 2.45) is 0 Å². The van der Waals surface area contributed by atoms with Crippen LogP contribution in [0.25, 0.3) is 0 Å². The molecular weight excluding hydrogens is 452 g/mol. The zero-order chi connectivity index (χ0) is 22.4. The Morgan fingerprint density at radius 3 is 2.27 bits per heavy atom. The van der Waals surface area contributed by atoms with Gasteiger partial charge in [0, 0.05) is 16.5 Å². The topological polar surface area (TPSA) is 59.8 Å². The average molecular weight is 479 g/mol. The quantitative estimate of drug-likeness (QED) is 0.424. The van der Waals surface area contributed by atoms with Gasteiger partial charge in [0.1, 0.15) is 5.25 Å². The molecule has 0 radical (unpaired) electrons. The molecule has 5 nitrogen and oxygen atoms in total. The zero-order valence-electron chi connectivity index (χ0n) is 18.4. The molecule has 0 bridgehead atoms. The second-order valence-electron chi connectivity index (χ2n) is 9.47. The van der Waals surface area contributed by atoms with E-state index in [-0.39, 0.29) is 17.1 Å². The molecule has 1 aromatic heterocycles. The second kappa shape index (κ2) is 8.80. The van der Waals surface area contributed by atoms with Crippen LogP contribution in [0.2, 0.25) is 5.02 Å². The molecule has 3 aromatic rings. The molecule has 3 aliphatic rings. The molecule has 0 spiro atoms. The number of thioether (sulfide) groups is 1. The number of halogens is 1. The van der Waals surface area contributed by atoms with E-state index in [1.54, 1.807) is 0 Å². The van der Waals surface area contributed by atoms with Crippen LogP contribution in [0.15, 0.2) is 53.7 Å². The van der Waals surface area contributed by atoms with Crippen molar-refractivity contribution in [3.63, 3.8) is 0 Å².